The molecule has 32 heavy (non-hydrogen) atoms. The molecule has 0 heterocycles. The van der Waals surface area contributed by atoms with Gasteiger partial charge in [-0.15, -0.1) is 24.0 Å². The van der Waals surface area contributed by atoms with Crippen LogP contribution in [0.5, 0.6) is 11.5 Å². The van der Waals surface area contributed by atoms with Crippen molar-refractivity contribution in [2.45, 2.75) is 19.7 Å². The molecule has 0 bridgehead atoms. The summed E-state index contributed by atoms with van der Waals surface area (Å²) in [6.45, 7) is -1.81. The molecule has 0 saturated carbocycles. The van der Waals surface area contributed by atoms with E-state index in [1.54, 1.807) is 39.3 Å². The number of benzene rings is 2. The minimum atomic E-state index is -2.84. The Morgan fingerprint density at radius 3 is 2.34 bits per heavy atom. The second-order valence-corrected chi connectivity index (χ2v) is 7.00. The van der Waals surface area contributed by atoms with Gasteiger partial charge in [0.25, 0.3) is 5.91 Å². The molecule has 0 aliphatic rings. The van der Waals surface area contributed by atoms with Crippen molar-refractivity contribution in [1.29, 1.82) is 0 Å². The molecule has 10 heteroatoms. The largest absolute Gasteiger partial charge is 0.484 e. The predicted molar refractivity (Wildman–Crippen MR) is 131 cm³/mol. The number of hydrogen-bond acceptors (Lipinski definition) is 4. The van der Waals surface area contributed by atoms with E-state index in [9.17, 15) is 13.6 Å². The molecule has 0 saturated heterocycles. The maximum Gasteiger partial charge on any atom is 0.387 e. The van der Waals surface area contributed by atoms with Crippen LogP contribution in [0.25, 0.3) is 0 Å². The molecule has 2 aromatic rings. The molecule has 0 radical (unpaired) electrons. The Kier molecular flexibility index (Phi) is 11.7. The molecule has 2 aromatic carbocycles. The molecule has 0 unspecified atom stereocenters. The fourth-order valence-electron chi connectivity index (χ4n) is 2.71. The van der Waals surface area contributed by atoms with Crippen LogP contribution in [0.15, 0.2) is 53.5 Å². The number of carbonyl (C=O) groups is 1. The van der Waals surface area contributed by atoms with Gasteiger partial charge in [-0.25, -0.2) is 0 Å². The summed E-state index contributed by atoms with van der Waals surface area (Å²) in [4.78, 5) is 19.3. The van der Waals surface area contributed by atoms with E-state index in [1.165, 1.54) is 17.0 Å². The van der Waals surface area contributed by atoms with Crippen LogP contribution in [0.1, 0.15) is 11.1 Å². The predicted octanol–water partition coefficient (Wildman–Crippen LogP) is 3.58. The van der Waals surface area contributed by atoms with Crippen LogP contribution < -0.4 is 14.8 Å². The van der Waals surface area contributed by atoms with Gasteiger partial charge in [-0.05, 0) is 35.4 Å². The number of likely N-dealkylation sites (N-methyl/N-ethyl adjacent to an activating group) is 1. The van der Waals surface area contributed by atoms with Crippen molar-refractivity contribution in [3.8, 4) is 11.5 Å². The number of guanidine groups is 1. The Morgan fingerprint density at radius 2 is 1.75 bits per heavy atom. The minimum Gasteiger partial charge on any atom is -0.484 e. The van der Waals surface area contributed by atoms with Gasteiger partial charge < -0.3 is 24.6 Å². The van der Waals surface area contributed by atoms with Gasteiger partial charge >= 0.3 is 6.61 Å². The van der Waals surface area contributed by atoms with E-state index in [-0.39, 0.29) is 42.2 Å². The average molecular weight is 562 g/mol. The number of nitrogens with zero attached hydrogens (tertiary/aromatic N) is 3. The van der Waals surface area contributed by atoms with Crippen molar-refractivity contribution in [1.82, 2.24) is 15.1 Å². The summed E-state index contributed by atoms with van der Waals surface area (Å²) < 4.78 is 34.4. The zero-order valence-electron chi connectivity index (χ0n) is 18.5. The number of amides is 1. The molecule has 0 aliphatic heterocycles. The number of rotatable bonds is 9. The highest BCUT2D eigenvalue weighted by Gasteiger charge is 2.09. The smallest absolute Gasteiger partial charge is 0.387 e. The van der Waals surface area contributed by atoms with Crippen LogP contribution in [-0.2, 0) is 17.9 Å². The zero-order valence-corrected chi connectivity index (χ0v) is 20.9. The van der Waals surface area contributed by atoms with Gasteiger partial charge in [-0.2, -0.15) is 8.78 Å². The lowest BCUT2D eigenvalue weighted by atomic mass is 10.2. The van der Waals surface area contributed by atoms with Gasteiger partial charge in [0, 0.05) is 41.3 Å². The lowest BCUT2D eigenvalue weighted by molar-refractivity contribution is -0.130. The Labute approximate surface area is 204 Å². The molecule has 0 atom stereocenters. The van der Waals surface area contributed by atoms with Crippen LogP contribution in [0.3, 0.4) is 0 Å². The van der Waals surface area contributed by atoms with Crippen molar-refractivity contribution in [3.63, 3.8) is 0 Å². The molecular weight excluding hydrogens is 533 g/mol. The number of aliphatic imine (C=N–C) groups is 1. The van der Waals surface area contributed by atoms with Crippen LogP contribution in [0.4, 0.5) is 8.78 Å². The average Bonchev–Trinajstić information content (AvgIpc) is 2.73. The third-order valence-electron chi connectivity index (χ3n) is 4.35. The quantitative estimate of drug-likeness (QED) is 0.288. The Balaban J connectivity index is 0.00000512. The van der Waals surface area contributed by atoms with Gasteiger partial charge in [0.2, 0.25) is 0 Å². The lowest BCUT2D eigenvalue weighted by Crippen LogP contribution is -2.38. The highest BCUT2D eigenvalue weighted by atomic mass is 127. The van der Waals surface area contributed by atoms with Crippen molar-refractivity contribution in [2.75, 3.05) is 34.8 Å². The van der Waals surface area contributed by atoms with E-state index in [0.717, 1.165) is 11.1 Å². The summed E-state index contributed by atoms with van der Waals surface area (Å²) in [5, 5.41) is 3.27. The number of halogens is 3. The molecule has 176 valence electrons. The first kappa shape index (κ1) is 27.4. The van der Waals surface area contributed by atoms with E-state index in [1.807, 2.05) is 30.1 Å². The second kappa shape index (κ2) is 13.7. The summed E-state index contributed by atoms with van der Waals surface area (Å²) >= 11 is 0. The molecule has 0 aliphatic carbocycles. The number of carbonyl (C=O) groups excluding carboxylic acids is 1. The zero-order chi connectivity index (χ0) is 22.8. The Hall–Kier alpha value is -2.63. The first-order chi connectivity index (χ1) is 14.8. The molecular formula is C22H29F2IN4O3. The monoisotopic (exact) mass is 562 g/mol. The maximum atomic E-state index is 12.3. The van der Waals surface area contributed by atoms with E-state index in [2.05, 4.69) is 15.0 Å². The minimum absolute atomic E-state index is 0. The number of alkyl halides is 2. The van der Waals surface area contributed by atoms with E-state index in [4.69, 9.17) is 4.74 Å². The third-order valence-corrected chi connectivity index (χ3v) is 4.35. The normalized spacial score (nSPS) is 10.9. The lowest BCUT2D eigenvalue weighted by Gasteiger charge is -2.22. The van der Waals surface area contributed by atoms with Crippen molar-refractivity contribution in [2.24, 2.45) is 4.99 Å². The summed E-state index contributed by atoms with van der Waals surface area (Å²) in [5.74, 6) is 1.30. The third kappa shape index (κ3) is 9.25. The van der Waals surface area contributed by atoms with Crippen LogP contribution >= 0.6 is 24.0 Å². The molecule has 7 nitrogen and oxygen atoms in total. The van der Waals surface area contributed by atoms with Crippen molar-refractivity contribution in [3.05, 3.63) is 59.7 Å². The second-order valence-electron chi connectivity index (χ2n) is 7.00. The summed E-state index contributed by atoms with van der Waals surface area (Å²) in [6, 6.07) is 14.0. The number of nitrogens with one attached hydrogen (secondary N) is 1. The summed E-state index contributed by atoms with van der Waals surface area (Å²) in [7, 11) is 6.93. The number of hydrogen-bond donors (Lipinski definition) is 1. The topological polar surface area (TPSA) is 66.4 Å². The van der Waals surface area contributed by atoms with E-state index < -0.39 is 6.61 Å². The molecule has 2 rings (SSSR count). The Morgan fingerprint density at radius 1 is 1.06 bits per heavy atom. The van der Waals surface area contributed by atoms with E-state index in [0.29, 0.717) is 24.8 Å². The number of ether oxygens (including phenoxy) is 2. The van der Waals surface area contributed by atoms with Crippen LogP contribution in [-0.4, -0.2) is 63.1 Å². The van der Waals surface area contributed by atoms with Gasteiger partial charge in [-0.3, -0.25) is 9.79 Å². The SMILES string of the molecule is CN=C(NCc1cccc(OCC(=O)N(C)C)c1)N(C)Cc1ccc(OC(F)F)cc1.I. The maximum absolute atomic E-state index is 12.3. The molecule has 0 fully saturated rings. The highest BCUT2D eigenvalue weighted by Crippen LogP contribution is 2.16. The fourth-order valence-corrected chi connectivity index (χ4v) is 2.71. The molecule has 1 amide bonds. The van der Waals surface area contributed by atoms with Gasteiger partial charge in [0.05, 0.1) is 0 Å². The standard InChI is InChI=1S/C22H28F2N4O3.HI/c1-25-22(28(4)14-16-8-10-18(11-9-16)31-21(23)24)26-13-17-6-5-7-19(12-17)30-15-20(29)27(2)3;/h5-12,21H,13-15H2,1-4H3,(H,25,26);1H. The van der Waals surface area contributed by atoms with Crippen molar-refractivity contribution < 1.29 is 23.0 Å². The fraction of sp³-hybridized carbons (Fsp3) is 0.364. The van der Waals surface area contributed by atoms with Crippen LogP contribution in [0, 0.1) is 0 Å². The summed E-state index contributed by atoms with van der Waals surface area (Å²) in [5.41, 5.74) is 1.89. The van der Waals surface area contributed by atoms with Gasteiger partial charge in [0.15, 0.2) is 12.6 Å². The van der Waals surface area contributed by atoms with Gasteiger partial charge in [-0.1, -0.05) is 24.3 Å². The first-order valence-electron chi connectivity index (χ1n) is 9.66. The molecule has 1 N–H and O–H groups in total. The molecule has 0 aromatic heterocycles. The van der Waals surface area contributed by atoms with Gasteiger partial charge in [0.1, 0.15) is 11.5 Å². The van der Waals surface area contributed by atoms with Crippen LogP contribution in [0.2, 0.25) is 0 Å². The first-order valence-corrected chi connectivity index (χ1v) is 9.66. The highest BCUT2D eigenvalue weighted by molar-refractivity contribution is 14.0. The Bertz CT molecular complexity index is 880. The van der Waals surface area contributed by atoms with E-state index >= 15 is 0 Å². The van der Waals surface area contributed by atoms with Crippen molar-refractivity contribution >= 4 is 35.8 Å². The summed E-state index contributed by atoms with van der Waals surface area (Å²) in [6.07, 6.45) is 0. The molecule has 0 spiro atoms.